The summed E-state index contributed by atoms with van der Waals surface area (Å²) in [4.78, 5) is 96.6. The summed E-state index contributed by atoms with van der Waals surface area (Å²) >= 11 is 0. The third kappa shape index (κ3) is 11.1. The number of primary amides is 2. The zero-order valence-corrected chi connectivity index (χ0v) is 27.3. The van der Waals surface area contributed by atoms with Gasteiger partial charge in [0.15, 0.2) is 0 Å². The number of fused-ring (bicyclic) bond motifs is 1. The maximum Gasteiger partial charge on any atom is 0.469 e. The Morgan fingerprint density at radius 3 is 2.29 bits per heavy atom. The van der Waals surface area contributed by atoms with Gasteiger partial charge in [0.1, 0.15) is 24.2 Å². The van der Waals surface area contributed by atoms with E-state index in [-0.39, 0.29) is 32.2 Å². The molecule has 0 unspecified atom stereocenters. The largest absolute Gasteiger partial charge is 0.469 e. The minimum atomic E-state index is -5.09. The lowest BCUT2D eigenvalue weighted by atomic mass is 9.97. The molecule has 0 aliphatic carbocycles. The molecule has 48 heavy (non-hydrogen) atoms. The highest BCUT2D eigenvalue weighted by Gasteiger charge is 2.41. The first-order chi connectivity index (χ1) is 22.6. The van der Waals surface area contributed by atoms with Crippen molar-refractivity contribution in [1.82, 2.24) is 20.9 Å². The smallest absolute Gasteiger partial charge is 0.370 e. The molecule has 1 aliphatic rings. The number of likely N-dealkylation sites (tertiary alicyclic amines) is 1. The number of rotatable bonds is 16. The number of benzene rings is 2. The number of nitrogens with two attached hydrogens (primary N) is 3. The number of hydrogen-bond acceptors (Lipinski definition) is 9. The molecule has 17 nitrogen and oxygen atoms in total. The summed E-state index contributed by atoms with van der Waals surface area (Å²) in [6.45, 7) is 0.690. The topological polar surface area (TPSA) is 287 Å². The molecular weight excluding hydrogens is 649 g/mol. The molecule has 18 heteroatoms. The predicted molar refractivity (Wildman–Crippen MR) is 172 cm³/mol. The van der Waals surface area contributed by atoms with E-state index in [9.17, 15) is 43.1 Å². The van der Waals surface area contributed by atoms with Crippen LogP contribution in [0.25, 0.3) is 10.8 Å². The second kappa shape index (κ2) is 17.1. The number of nitrogens with zero attached hydrogens (tertiary/aromatic N) is 1. The summed E-state index contributed by atoms with van der Waals surface area (Å²) in [5.74, 6) is -4.80. The third-order valence-corrected chi connectivity index (χ3v) is 8.46. The van der Waals surface area contributed by atoms with Crippen LogP contribution >= 0.6 is 7.82 Å². The van der Waals surface area contributed by atoms with Gasteiger partial charge in [-0.25, -0.2) is 4.57 Å². The van der Waals surface area contributed by atoms with E-state index in [0.29, 0.717) is 18.4 Å². The normalized spacial score (nSPS) is 17.4. The van der Waals surface area contributed by atoms with Gasteiger partial charge in [0.05, 0.1) is 12.6 Å². The van der Waals surface area contributed by atoms with Gasteiger partial charge in [-0.2, -0.15) is 0 Å². The van der Waals surface area contributed by atoms with Crippen LogP contribution in [0.2, 0.25) is 0 Å². The first-order valence-corrected chi connectivity index (χ1v) is 16.8. The molecule has 2 aromatic carbocycles. The van der Waals surface area contributed by atoms with Gasteiger partial charge in [-0.05, 0) is 48.9 Å². The van der Waals surface area contributed by atoms with Crippen molar-refractivity contribution in [1.29, 1.82) is 0 Å². The van der Waals surface area contributed by atoms with Crippen LogP contribution in [0.1, 0.15) is 44.6 Å². The second-order valence-electron chi connectivity index (χ2n) is 11.5. The van der Waals surface area contributed by atoms with Crippen LogP contribution in [-0.2, 0) is 44.3 Å². The Hall–Kier alpha value is -4.41. The zero-order chi connectivity index (χ0) is 35.6. The molecule has 0 aromatic heterocycles. The van der Waals surface area contributed by atoms with E-state index in [1.54, 1.807) is 6.07 Å². The van der Waals surface area contributed by atoms with Crippen molar-refractivity contribution < 1.29 is 47.6 Å². The molecule has 0 bridgehead atoms. The van der Waals surface area contributed by atoms with E-state index in [1.807, 2.05) is 36.4 Å². The average Bonchev–Trinajstić information content (AvgIpc) is 3.03. The molecule has 0 saturated carbocycles. The maximum atomic E-state index is 13.9. The fourth-order valence-corrected chi connectivity index (χ4v) is 6.01. The van der Waals surface area contributed by atoms with E-state index >= 15 is 0 Å². The monoisotopic (exact) mass is 691 g/mol. The second-order valence-corrected chi connectivity index (χ2v) is 12.7. The summed E-state index contributed by atoms with van der Waals surface area (Å²) in [6, 6.07) is 7.65. The molecule has 6 amide bonds. The summed E-state index contributed by atoms with van der Waals surface area (Å²) < 4.78 is 16.2. The maximum absolute atomic E-state index is 13.9. The average molecular weight is 692 g/mol. The van der Waals surface area contributed by atoms with E-state index in [0.717, 1.165) is 15.7 Å². The molecule has 1 saturated heterocycles. The first kappa shape index (κ1) is 38.0. The number of piperidine rings is 1. The van der Waals surface area contributed by atoms with Gasteiger partial charge in [-0.15, -0.1) is 0 Å². The highest BCUT2D eigenvalue weighted by Crippen LogP contribution is 2.38. The highest BCUT2D eigenvalue weighted by molar-refractivity contribution is 7.46. The van der Waals surface area contributed by atoms with Crippen molar-refractivity contribution in [3.63, 3.8) is 0 Å². The van der Waals surface area contributed by atoms with Crippen LogP contribution in [0, 0.1) is 0 Å². The van der Waals surface area contributed by atoms with Crippen LogP contribution in [0.15, 0.2) is 42.5 Å². The van der Waals surface area contributed by atoms with Crippen molar-refractivity contribution in [3.8, 4) is 0 Å². The lowest BCUT2D eigenvalue weighted by Gasteiger charge is -2.38. The van der Waals surface area contributed by atoms with E-state index in [4.69, 9.17) is 17.2 Å². The molecule has 5 atom stereocenters. The minimum Gasteiger partial charge on any atom is -0.370 e. The van der Waals surface area contributed by atoms with Crippen molar-refractivity contribution in [2.75, 3.05) is 13.1 Å². The van der Waals surface area contributed by atoms with Crippen LogP contribution < -0.4 is 33.2 Å². The predicted octanol–water partition coefficient (Wildman–Crippen LogP) is -1.57. The molecule has 262 valence electrons. The van der Waals surface area contributed by atoms with Gasteiger partial charge in [0, 0.05) is 19.4 Å². The molecule has 1 heterocycles. The van der Waals surface area contributed by atoms with Crippen molar-refractivity contribution in [2.24, 2.45) is 17.2 Å². The molecule has 3 rings (SSSR count). The quantitative estimate of drug-likeness (QED) is 0.0930. The summed E-state index contributed by atoms with van der Waals surface area (Å²) in [5, 5.41) is 9.29. The number of hydrogen-bond donors (Lipinski definition) is 8. The SMILES string of the molecule is C[C@@H](OP(=O)(O)O)[C@H](NC(=O)CN)C(=O)N1CCCC[C@H]1C(=O)N[C@@H](Cc1ccc2ccccc2c1)C(=O)N[C@@H](CCC(N)=O)C(N)=O. The van der Waals surface area contributed by atoms with E-state index in [2.05, 4.69) is 20.5 Å². The Bertz CT molecular complexity index is 1570. The first-order valence-electron chi connectivity index (χ1n) is 15.3. The standard InChI is InChI=1S/C30H42N7O10P/c1-17(47-48(44,45)46)26(36-25(39)16-31)30(43)37-13-5-4-8-23(37)29(42)35-22(28(41)34-21(27(33)40)11-12-24(32)38)15-18-9-10-19-6-2-3-7-20(19)14-18/h2-3,6-7,9-10,14,17,21-23,26H,4-5,8,11-13,15-16,31H2,1H3,(H2,32,38)(H2,33,40)(H,34,41)(H,35,42)(H,36,39)(H2,44,45,46)/t17-,21+,22+,23+,26+/m1/s1. The molecule has 0 radical (unpaired) electrons. The third-order valence-electron chi connectivity index (χ3n) is 7.86. The number of carbonyl (C=O) groups excluding carboxylic acids is 6. The Balaban J connectivity index is 1.91. The summed E-state index contributed by atoms with van der Waals surface area (Å²) in [7, 11) is -5.09. The van der Waals surface area contributed by atoms with Crippen LogP contribution in [-0.4, -0.2) is 93.5 Å². The van der Waals surface area contributed by atoms with E-state index < -0.39 is 80.1 Å². The van der Waals surface area contributed by atoms with Crippen LogP contribution in [0.3, 0.4) is 0 Å². The Morgan fingerprint density at radius 2 is 1.67 bits per heavy atom. The number of carbonyl (C=O) groups is 6. The van der Waals surface area contributed by atoms with Gasteiger partial charge in [-0.3, -0.25) is 33.3 Å². The Kier molecular flexibility index (Phi) is 13.6. The molecule has 11 N–H and O–H groups in total. The number of phosphoric ester groups is 1. The molecule has 1 fully saturated rings. The highest BCUT2D eigenvalue weighted by atomic mass is 31.2. The van der Waals surface area contributed by atoms with Gasteiger partial charge in [-0.1, -0.05) is 42.5 Å². The van der Waals surface area contributed by atoms with Gasteiger partial charge in [0.2, 0.25) is 35.4 Å². The Labute approximate surface area is 276 Å². The lowest BCUT2D eigenvalue weighted by molar-refractivity contribution is -0.147. The minimum absolute atomic E-state index is 0.0350. The zero-order valence-electron chi connectivity index (χ0n) is 26.4. The molecule has 0 spiro atoms. The van der Waals surface area contributed by atoms with E-state index in [1.165, 1.54) is 6.92 Å². The number of phosphoric acid groups is 1. The summed E-state index contributed by atoms with van der Waals surface area (Å²) in [6.07, 6.45) is -0.792. The van der Waals surface area contributed by atoms with Gasteiger partial charge >= 0.3 is 7.82 Å². The summed E-state index contributed by atoms with van der Waals surface area (Å²) in [5.41, 5.74) is 16.7. The van der Waals surface area contributed by atoms with Crippen molar-refractivity contribution >= 4 is 54.0 Å². The molecule has 2 aromatic rings. The fraction of sp³-hybridized carbons (Fsp3) is 0.467. The number of nitrogens with one attached hydrogen (secondary N) is 3. The van der Waals surface area contributed by atoms with Crippen molar-refractivity contribution in [3.05, 3.63) is 48.0 Å². The number of amides is 6. The van der Waals surface area contributed by atoms with Crippen molar-refractivity contribution in [2.45, 2.75) is 75.7 Å². The fourth-order valence-electron chi connectivity index (χ4n) is 5.46. The van der Waals surface area contributed by atoms with Crippen LogP contribution in [0.4, 0.5) is 0 Å². The van der Waals surface area contributed by atoms with Gasteiger partial charge < -0.3 is 47.8 Å². The van der Waals surface area contributed by atoms with Crippen LogP contribution in [0.5, 0.6) is 0 Å². The molecule has 1 aliphatic heterocycles. The Morgan fingerprint density at radius 1 is 0.979 bits per heavy atom. The lowest BCUT2D eigenvalue weighted by Crippen LogP contribution is -2.62. The van der Waals surface area contributed by atoms with Gasteiger partial charge in [0.25, 0.3) is 0 Å². The molecular formula is C30H42N7O10P.